The van der Waals surface area contributed by atoms with Crippen LogP contribution in [-0.2, 0) is 0 Å². The first kappa shape index (κ1) is 7.92. The van der Waals surface area contributed by atoms with Gasteiger partial charge in [0.2, 0.25) is 0 Å². The van der Waals surface area contributed by atoms with Gasteiger partial charge < -0.3 is 11.1 Å². The molecule has 0 amide bonds. The van der Waals surface area contributed by atoms with Crippen molar-refractivity contribution < 1.29 is 0 Å². The zero-order chi connectivity index (χ0) is 6.57. The van der Waals surface area contributed by atoms with Crippen LogP contribution in [0.25, 0.3) is 0 Å². The molecule has 1 atom stereocenters. The second kappa shape index (κ2) is 3.87. The third-order valence-electron chi connectivity index (χ3n) is 0.848. The van der Waals surface area contributed by atoms with Crippen molar-refractivity contribution in [1.82, 2.24) is 5.32 Å². The molecule has 0 radical (unpaired) electrons. The van der Waals surface area contributed by atoms with E-state index in [1.807, 2.05) is 6.92 Å². The highest BCUT2D eigenvalue weighted by molar-refractivity contribution is 4.59. The average Bonchev–Trinajstić information content (AvgIpc) is 1.61. The van der Waals surface area contributed by atoms with E-state index in [-0.39, 0.29) is 6.04 Å². The topological polar surface area (TPSA) is 38.0 Å². The van der Waals surface area contributed by atoms with Crippen molar-refractivity contribution in [2.24, 2.45) is 5.73 Å². The second-order valence-electron chi connectivity index (χ2n) is 2.54. The van der Waals surface area contributed by atoms with E-state index in [0.29, 0.717) is 6.04 Å². The summed E-state index contributed by atoms with van der Waals surface area (Å²) in [6, 6.07) is 0.832. The Hall–Kier alpha value is -0.0800. The molecule has 0 aromatic rings. The molecule has 0 aliphatic rings. The Morgan fingerprint density at radius 1 is 1.38 bits per heavy atom. The number of nitrogens with two attached hydrogens (primary N) is 1. The molecule has 2 nitrogen and oxygen atoms in total. The molecular formula is C6H16N2. The van der Waals surface area contributed by atoms with Crippen LogP contribution in [0.4, 0.5) is 0 Å². The lowest BCUT2D eigenvalue weighted by Gasteiger charge is -2.09. The summed E-state index contributed by atoms with van der Waals surface area (Å²) in [6.07, 6.45) is 0. The molecule has 0 aromatic carbocycles. The first-order valence-electron chi connectivity index (χ1n) is 3.12. The molecule has 0 aliphatic carbocycles. The van der Waals surface area contributed by atoms with Crippen molar-refractivity contribution >= 4 is 0 Å². The van der Waals surface area contributed by atoms with E-state index in [0.717, 1.165) is 6.54 Å². The predicted octanol–water partition coefficient (Wildman–Crippen LogP) is 0.332. The summed E-state index contributed by atoms with van der Waals surface area (Å²) >= 11 is 0. The number of rotatable bonds is 3. The van der Waals surface area contributed by atoms with Crippen molar-refractivity contribution in [3.63, 3.8) is 0 Å². The van der Waals surface area contributed by atoms with Crippen LogP contribution in [0.1, 0.15) is 20.8 Å². The minimum absolute atomic E-state index is 0.275. The Morgan fingerprint density at radius 3 is 2.00 bits per heavy atom. The Kier molecular flexibility index (Phi) is 3.83. The quantitative estimate of drug-likeness (QED) is 0.557. The molecule has 3 N–H and O–H groups in total. The maximum Gasteiger partial charge on any atom is 0.0136 e. The van der Waals surface area contributed by atoms with Crippen molar-refractivity contribution in [2.75, 3.05) is 6.54 Å². The van der Waals surface area contributed by atoms with Gasteiger partial charge in [-0.15, -0.1) is 0 Å². The molecule has 2 heteroatoms. The fraction of sp³-hybridized carbons (Fsp3) is 1.00. The highest BCUT2D eigenvalue weighted by Gasteiger charge is 1.93. The lowest BCUT2D eigenvalue weighted by Crippen LogP contribution is -2.34. The van der Waals surface area contributed by atoms with Gasteiger partial charge in [0, 0.05) is 18.6 Å². The Bertz CT molecular complexity index is 42.5. The smallest absolute Gasteiger partial charge is 0.0136 e. The summed E-state index contributed by atoms with van der Waals surface area (Å²) in [5.74, 6) is 0. The molecule has 0 spiro atoms. The molecule has 0 unspecified atom stereocenters. The van der Waals surface area contributed by atoms with Gasteiger partial charge in [0.25, 0.3) is 0 Å². The summed E-state index contributed by atoms with van der Waals surface area (Å²) in [5.41, 5.74) is 5.48. The second-order valence-corrected chi connectivity index (χ2v) is 2.54. The Balaban J connectivity index is 2.93. The van der Waals surface area contributed by atoms with Crippen LogP contribution >= 0.6 is 0 Å². The van der Waals surface area contributed by atoms with Gasteiger partial charge in [-0.2, -0.15) is 0 Å². The molecule has 0 bridgehead atoms. The van der Waals surface area contributed by atoms with Crippen LogP contribution in [0.5, 0.6) is 0 Å². The fourth-order valence-electron chi connectivity index (χ4n) is 0.422. The first-order valence-corrected chi connectivity index (χ1v) is 3.12. The maximum absolute atomic E-state index is 5.48. The lowest BCUT2D eigenvalue weighted by molar-refractivity contribution is 0.545. The van der Waals surface area contributed by atoms with Crippen molar-refractivity contribution in [3.05, 3.63) is 0 Å². The van der Waals surface area contributed by atoms with Crippen molar-refractivity contribution in [1.29, 1.82) is 0 Å². The maximum atomic E-state index is 5.48. The van der Waals surface area contributed by atoms with Crippen LogP contribution in [0.15, 0.2) is 0 Å². The van der Waals surface area contributed by atoms with Crippen LogP contribution in [0, 0.1) is 0 Å². The van der Waals surface area contributed by atoms with Gasteiger partial charge in [0.1, 0.15) is 0 Å². The van der Waals surface area contributed by atoms with Crippen LogP contribution in [0.2, 0.25) is 0 Å². The zero-order valence-electron chi connectivity index (χ0n) is 5.94. The zero-order valence-corrected chi connectivity index (χ0v) is 5.94. The minimum Gasteiger partial charge on any atom is -0.327 e. The molecule has 0 saturated heterocycles. The summed E-state index contributed by atoms with van der Waals surface area (Å²) in [6.45, 7) is 7.14. The highest BCUT2D eigenvalue weighted by Crippen LogP contribution is 1.76. The summed E-state index contributed by atoms with van der Waals surface area (Å²) in [5, 5.41) is 3.22. The molecule has 50 valence electrons. The molecule has 0 aliphatic heterocycles. The standard InChI is InChI=1S/C6H16N2/c1-5(2)8-4-6(3)7/h5-6,8H,4,7H2,1-3H3/t6-/m1/s1. The SMILES string of the molecule is CC(C)NC[C@@H](C)N. The third-order valence-corrected chi connectivity index (χ3v) is 0.848. The van der Waals surface area contributed by atoms with Gasteiger partial charge in [-0.05, 0) is 6.92 Å². The third kappa shape index (κ3) is 5.92. The van der Waals surface area contributed by atoms with Gasteiger partial charge in [-0.25, -0.2) is 0 Å². The van der Waals surface area contributed by atoms with Crippen LogP contribution < -0.4 is 11.1 Å². The van der Waals surface area contributed by atoms with Crippen LogP contribution in [-0.4, -0.2) is 18.6 Å². The monoisotopic (exact) mass is 116 g/mol. The van der Waals surface area contributed by atoms with Gasteiger partial charge in [0.05, 0.1) is 0 Å². The Morgan fingerprint density at radius 2 is 1.88 bits per heavy atom. The van der Waals surface area contributed by atoms with E-state index in [4.69, 9.17) is 5.73 Å². The van der Waals surface area contributed by atoms with E-state index in [1.54, 1.807) is 0 Å². The van der Waals surface area contributed by atoms with E-state index >= 15 is 0 Å². The lowest BCUT2D eigenvalue weighted by atomic mass is 10.3. The Labute approximate surface area is 51.5 Å². The predicted molar refractivity (Wildman–Crippen MR) is 36.8 cm³/mol. The molecule has 0 fully saturated rings. The molecule has 0 rings (SSSR count). The van der Waals surface area contributed by atoms with Gasteiger partial charge >= 0.3 is 0 Å². The largest absolute Gasteiger partial charge is 0.327 e. The molecular weight excluding hydrogens is 100 g/mol. The normalized spacial score (nSPS) is 14.6. The molecule has 0 aromatic heterocycles. The first-order chi connectivity index (χ1) is 3.63. The summed E-state index contributed by atoms with van der Waals surface area (Å²) in [7, 11) is 0. The molecule has 0 heterocycles. The van der Waals surface area contributed by atoms with Crippen LogP contribution in [0.3, 0.4) is 0 Å². The van der Waals surface area contributed by atoms with E-state index in [2.05, 4.69) is 19.2 Å². The van der Waals surface area contributed by atoms with Gasteiger partial charge in [-0.3, -0.25) is 0 Å². The number of nitrogens with one attached hydrogen (secondary N) is 1. The van der Waals surface area contributed by atoms with Crippen molar-refractivity contribution in [2.45, 2.75) is 32.9 Å². The fourth-order valence-corrected chi connectivity index (χ4v) is 0.422. The molecule has 8 heavy (non-hydrogen) atoms. The van der Waals surface area contributed by atoms with Crippen molar-refractivity contribution in [3.8, 4) is 0 Å². The summed E-state index contributed by atoms with van der Waals surface area (Å²) < 4.78 is 0. The minimum atomic E-state index is 0.275. The number of hydrogen-bond donors (Lipinski definition) is 2. The average molecular weight is 116 g/mol. The van der Waals surface area contributed by atoms with Gasteiger partial charge in [-0.1, -0.05) is 13.8 Å². The number of hydrogen-bond acceptors (Lipinski definition) is 2. The van der Waals surface area contributed by atoms with E-state index in [1.165, 1.54) is 0 Å². The van der Waals surface area contributed by atoms with E-state index < -0.39 is 0 Å². The van der Waals surface area contributed by atoms with Gasteiger partial charge in [0.15, 0.2) is 0 Å². The van der Waals surface area contributed by atoms with E-state index in [9.17, 15) is 0 Å². The molecule has 0 saturated carbocycles. The summed E-state index contributed by atoms with van der Waals surface area (Å²) in [4.78, 5) is 0. The highest BCUT2D eigenvalue weighted by atomic mass is 14.9.